The summed E-state index contributed by atoms with van der Waals surface area (Å²) in [5, 5.41) is 4.48. The van der Waals surface area contributed by atoms with E-state index in [4.69, 9.17) is 9.47 Å². The number of anilines is 1. The fourth-order valence-electron chi connectivity index (χ4n) is 3.71. The smallest absolute Gasteiger partial charge is 0.182 e. The van der Waals surface area contributed by atoms with Crippen LogP contribution in [-0.4, -0.2) is 49.0 Å². The Labute approximate surface area is 150 Å². The van der Waals surface area contributed by atoms with Gasteiger partial charge in [0, 0.05) is 35.8 Å². The summed E-state index contributed by atoms with van der Waals surface area (Å²) in [6.45, 7) is 4.28. The Kier molecular flexibility index (Phi) is 3.80. The third kappa shape index (κ3) is 2.81. The van der Waals surface area contributed by atoms with Crippen molar-refractivity contribution in [3.05, 3.63) is 48.4 Å². The fraction of sp³-hybridized carbons (Fsp3) is 0.300. The van der Waals surface area contributed by atoms with Crippen LogP contribution < -0.4 is 10.1 Å². The highest BCUT2D eigenvalue weighted by molar-refractivity contribution is 5.96. The van der Waals surface area contributed by atoms with E-state index in [9.17, 15) is 4.39 Å². The molecule has 2 aliphatic rings. The van der Waals surface area contributed by atoms with Crippen LogP contribution in [0.4, 0.5) is 10.1 Å². The average molecular weight is 353 g/mol. The van der Waals surface area contributed by atoms with Crippen LogP contribution in [0.5, 0.6) is 5.75 Å². The minimum absolute atomic E-state index is 0.0459. The van der Waals surface area contributed by atoms with Crippen molar-refractivity contribution in [3.63, 3.8) is 0 Å². The van der Waals surface area contributed by atoms with Crippen molar-refractivity contribution in [2.45, 2.75) is 6.23 Å². The molecule has 26 heavy (non-hydrogen) atoms. The van der Waals surface area contributed by atoms with Crippen LogP contribution in [0.2, 0.25) is 0 Å². The molecule has 6 heteroatoms. The molecule has 1 unspecified atom stereocenters. The Morgan fingerprint density at radius 1 is 1.12 bits per heavy atom. The number of nitrogens with zero attached hydrogens (tertiary/aromatic N) is 1. The highest BCUT2D eigenvalue weighted by atomic mass is 19.1. The van der Waals surface area contributed by atoms with E-state index in [-0.39, 0.29) is 12.0 Å². The number of morpholine rings is 1. The number of hydrogen-bond acceptors (Lipinski definition) is 4. The molecule has 2 aromatic carbocycles. The van der Waals surface area contributed by atoms with Gasteiger partial charge in [0.25, 0.3) is 0 Å². The fourth-order valence-corrected chi connectivity index (χ4v) is 3.71. The number of fused-ring (bicyclic) bond motifs is 2. The van der Waals surface area contributed by atoms with Gasteiger partial charge >= 0.3 is 0 Å². The molecule has 1 saturated heterocycles. The summed E-state index contributed by atoms with van der Waals surface area (Å²) in [4.78, 5) is 5.50. The highest BCUT2D eigenvalue weighted by Gasteiger charge is 2.25. The number of rotatable bonds is 3. The summed E-state index contributed by atoms with van der Waals surface area (Å²) < 4.78 is 24.8. The second kappa shape index (κ2) is 6.30. The minimum atomic E-state index is -0.235. The number of H-pyrrole nitrogens is 1. The zero-order chi connectivity index (χ0) is 17.5. The van der Waals surface area contributed by atoms with Gasteiger partial charge in [-0.15, -0.1) is 0 Å². The number of aromatic nitrogens is 1. The second-order valence-corrected chi connectivity index (χ2v) is 6.77. The van der Waals surface area contributed by atoms with Crippen LogP contribution in [0.1, 0.15) is 0 Å². The van der Waals surface area contributed by atoms with Gasteiger partial charge in [0.1, 0.15) is 11.6 Å². The summed E-state index contributed by atoms with van der Waals surface area (Å²) in [6.07, 6.45) is 1.88. The molecule has 134 valence electrons. The summed E-state index contributed by atoms with van der Waals surface area (Å²) in [6, 6.07) is 11.0. The monoisotopic (exact) mass is 353 g/mol. The molecular formula is C20H20FN3O2. The van der Waals surface area contributed by atoms with Crippen LogP contribution in [0, 0.1) is 5.82 Å². The Bertz CT molecular complexity index is 949. The van der Waals surface area contributed by atoms with Gasteiger partial charge in [-0.05, 0) is 35.9 Å². The Hall–Kier alpha value is -2.57. The molecule has 1 fully saturated rings. The van der Waals surface area contributed by atoms with Gasteiger partial charge in [-0.2, -0.15) is 0 Å². The number of benzene rings is 2. The summed E-state index contributed by atoms with van der Waals surface area (Å²) >= 11 is 0. The van der Waals surface area contributed by atoms with Crippen molar-refractivity contribution < 1.29 is 13.9 Å². The van der Waals surface area contributed by atoms with Crippen molar-refractivity contribution in [1.29, 1.82) is 0 Å². The molecule has 3 aromatic rings. The predicted molar refractivity (Wildman–Crippen MR) is 99.0 cm³/mol. The Balaban J connectivity index is 1.38. The zero-order valence-corrected chi connectivity index (χ0v) is 14.3. The Morgan fingerprint density at radius 2 is 2.00 bits per heavy atom. The topological polar surface area (TPSA) is 49.5 Å². The number of hydrogen-bond donors (Lipinski definition) is 2. The molecule has 2 aliphatic heterocycles. The molecule has 0 amide bonds. The molecule has 0 aliphatic carbocycles. The lowest BCUT2D eigenvalue weighted by Gasteiger charge is -2.28. The first kappa shape index (κ1) is 15.7. The summed E-state index contributed by atoms with van der Waals surface area (Å²) in [7, 11) is 0. The third-order valence-corrected chi connectivity index (χ3v) is 5.05. The van der Waals surface area contributed by atoms with E-state index in [1.165, 1.54) is 12.1 Å². The number of nitrogens with one attached hydrogen (secondary N) is 2. The minimum Gasteiger partial charge on any atom is -0.467 e. The van der Waals surface area contributed by atoms with E-state index < -0.39 is 0 Å². The SMILES string of the molecule is Fc1ccc2c(-c3ccc4c(c3)NC(CN3CCOCC3)O4)c[nH]c2c1. The molecule has 5 rings (SSSR count). The normalized spacial score (nSPS) is 20.0. The molecule has 3 heterocycles. The third-order valence-electron chi connectivity index (χ3n) is 5.05. The van der Waals surface area contributed by atoms with Gasteiger partial charge in [-0.3, -0.25) is 4.90 Å². The number of aromatic amines is 1. The molecule has 1 atom stereocenters. The maximum atomic E-state index is 13.4. The van der Waals surface area contributed by atoms with Gasteiger partial charge < -0.3 is 19.8 Å². The lowest BCUT2D eigenvalue weighted by molar-refractivity contribution is 0.0248. The van der Waals surface area contributed by atoms with Crippen LogP contribution >= 0.6 is 0 Å². The molecule has 0 bridgehead atoms. The second-order valence-electron chi connectivity index (χ2n) is 6.77. The van der Waals surface area contributed by atoms with Crippen molar-refractivity contribution in [1.82, 2.24) is 9.88 Å². The van der Waals surface area contributed by atoms with Gasteiger partial charge in [0.2, 0.25) is 0 Å². The summed E-state index contributed by atoms with van der Waals surface area (Å²) in [5.41, 5.74) is 3.93. The van der Waals surface area contributed by atoms with Crippen molar-refractivity contribution in [3.8, 4) is 16.9 Å². The van der Waals surface area contributed by atoms with Gasteiger partial charge in [0.05, 0.1) is 25.4 Å². The molecule has 0 spiro atoms. The average Bonchev–Trinajstić information content (AvgIpc) is 3.24. The maximum Gasteiger partial charge on any atom is 0.182 e. The van der Waals surface area contributed by atoms with Gasteiger partial charge in [0.15, 0.2) is 6.23 Å². The molecule has 0 radical (unpaired) electrons. The van der Waals surface area contributed by atoms with E-state index >= 15 is 0 Å². The molecule has 2 N–H and O–H groups in total. The quantitative estimate of drug-likeness (QED) is 0.757. The van der Waals surface area contributed by atoms with E-state index in [1.807, 2.05) is 24.4 Å². The predicted octanol–water partition coefficient (Wildman–Crippen LogP) is 3.44. The first-order chi connectivity index (χ1) is 12.8. The van der Waals surface area contributed by atoms with Crippen LogP contribution in [-0.2, 0) is 4.74 Å². The lowest BCUT2D eigenvalue weighted by Crippen LogP contribution is -2.43. The standard InChI is InChI=1S/C20H20FN3O2/c21-14-2-3-15-16(11-22-17(15)10-14)13-1-4-19-18(9-13)23-20(26-19)12-24-5-7-25-8-6-24/h1-4,9-11,20,22-23H,5-8,12H2. The molecule has 0 saturated carbocycles. The van der Waals surface area contributed by atoms with Crippen LogP contribution in [0.15, 0.2) is 42.6 Å². The first-order valence-corrected chi connectivity index (χ1v) is 8.91. The Morgan fingerprint density at radius 3 is 2.88 bits per heavy atom. The van der Waals surface area contributed by atoms with Gasteiger partial charge in [-0.1, -0.05) is 6.07 Å². The molecule has 5 nitrogen and oxygen atoms in total. The van der Waals surface area contributed by atoms with E-state index in [0.29, 0.717) is 0 Å². The zero-order valence-electron chi connectivity index (χ0n) is 14.3. The maximum absolute atomic E-state index is 13.4. The number of ether oxygens (including phenoxy) is 2. The first-order valence-electron chi connectivity index (χ1n) is 8.91. The highest BCUT2D eigenvalue weighted by Crippen LogP contribution is 2.38. The van der Waals surface area contributed by atoms with Crippen molar-refractivity contribution in [2.24, 2.45) is 0 Å². The van der Waals surface area contributed by atoms with Crippen LogP contribution in [0.25, 0.3) is 22.0 Å². The molecule has 1 aromatic heterocycles. The van der Waals surface area contributed by atoms with E-state index in [0.717, 1.165) is 66.3 Å². The summed E-state index contributed by atoms with van der Waals surface area (Å²) in [5.74, 6) is 0.638. The van der Waals surface area contributed by atoms with E-state index in [1.54, 1.807) is 0 Å². The lowest BCUT2D eigenvalue weighted by atomic mass is 10.0. The number of halogens is 1. The van der Waals surface area contributed by atoms with Crippen LogP contribution in [0.3, 0.4) is 0 Å². The van der Waals surface area contributed by atoms with Crippen molar-refractivity contribution >= 4 is 16.6 Å². The van der Waals surface area contributed by atoms with E-state index in [2.05, 4.69) is 21.3 Å². The van der Waals surface area contributed by atoms with Gasteiger partial charge in [-0.25, -0.2) is 4.39 Å². The molecular weight excluding hydrogens is 333 g/mol. The van der Waals surface area contributed by atoms with Crippen molar-refractivity contribution in [2.75, 3.05) is 38.2 Å². The largest absolute Gasteiger partial charge is 0.467 e.